The van der Waals surface area contributed by atoms with E-state index in [1.54, 1.807) is 34.9 Å². The van der Waals surface area contributed by atoms with E-state index < -0.39 is 0 Å². The first-order valence-electron chi connectivity index (χ1n) is 10.4. The molecule has 0 radical (unpaired) electrons. The summed E-state index contributed by atoms with van der Waals surface area (Å²) in [6.07, 6.45) is 0. The number of hydrogen-bond donors (Lipinski definition) is 1. The van der Waals surface area contributed by atoms with Crippen molar-refractivity contribution in [3.63, 3.8) is 0 Å². The predicted molar refractivity (Wildman–Crippen MR) is 128 cm³/mol. The van der Waals surface area contributed by atoms with Crippen LogP contribution in [0.4, 0.5) is 0 Å². The van der Waals surface area contributed by atoms with Crippen LogP contribution in [0.1, 0.15) is 31.4 Å². The molecule has 5 rings (SSSR count). The molecule has 33 heavy (non-hydrogen) atoms. The zero-order chi connectivity index (χ0) is 22.9. The van der Waals surface area contributed by atoms with Crippen LogP contribution in [-0.4, -0.2) is 56.2 Å². The molecular formula is C23H21N5O3S2. The van der Waals surface area contributed by atoms with Crippen molar-refractivity contribution < 1.29 is 14.2 Å². The SMILES string of the molecule is Cc1cccc(-c2sc(C)nc2C(=O)N2CSC[C@H]2CNC(=O)c2cccc3nonc23)c1. The third-order valence-electron chi connectivity index (χ3n) is 5.49. The number of carbonyl (C=O) groups excluding carboxylic acids is 2. The molecule has 0 spiro atoms. The number of rotatable bonds is 5. The van der Waals surface area contributed by atoms with Gasteiger partial charge in [-0.1, -0.05) is 35.9 Å². The zero-order valence-corrected chi connectivity index (χ0v) is 19.7. The smallest absolute Gasteiger partial charge is 0.275 e. The van der Waals surface area contributed by atoms with E-state index in [1.165, 1.54) is 11.3 Å². The molecule has 0 saturated carbocycles. The minimum absolute atomic E-state index is 0.108. The van der Waals surface area contributed by atoms with Gasteiger partial charge < -0.3 is 10.2 Å². The minimum Gasteiger partial charge on any atom is -0.350 e. The first kappa shape index (κ1) is 21.6. The van der Waals surface area contributed by atoms with Crippen molar-refractivity contribution in [1.29, 1.82) is 0 Å². The summed E-state index contributed by atoms with van der Waals surface area (Å²) in [6, 6.07) is 13.1. The van der Waals surface area contributed by atoms with Crippen molar-refractivity contribution in [1.82, 2.24) is 25.5 Å². The first-order valence-corrected chi connectivity index (χ1v) is 12.4. The lowest BCUT2D eigenvalue weighted by atomic mass is 10.1. The van der Waals surface area contributed by atoms with Gasteiger partial charge in [-0.3, -0.25) is 9.59 Å². The number of nitrogens with zero attached hydrogens (tertiary/aromatic N) is 4. The molecule has 10 heteroatoms. The number of nitrogens with one attached hydrogen (secondary N) is 1. The topological polar surface area (TPSA) is 101 Å². The number of fused-ring (bicyclic) bond motifs is 1. The second-order valence-electron chi connectivity index (χ2n) is 7.86. The fraction of sp³-hybridized carbons (Fsp3) is 0.261. The number of hydrogen-bond acceptors (Lipinski definition) is 8. The Morgan fingerprint density at radius 2 is 2.03 bits per heavy atom. The van der Waals surface area contributed by atoms with E-state index in [9.17, 15) is 9.59 Å². The van der Waals surface area contributed by atoms with E-state index in [1.807, 2.05) is 32.0 Å². The minimum atomic E-state index is -0.273. The standard InChI is InChI=1S/C23H21N5O3S2/c1-13-5-3-6-15(9-13)21-20(25-14(2)33-21)23(30)28-12-32-11-16(28)10-24-22(29)17-7-4-8-18-19(17)27-31-26-18/h3-9,16H,10-12H2,1-2H3,(H,24,29)/t16-/m1/s1. The largest absolute Gasteiger partial charge is 0.350 e. The van der Waals surface area contributed by atoms with Crippen LogP contribution in [0.25, 0.3) is 21.5 Å². The second-order valence-corrected chi connectivity index (χ2v) is 10.1. The van der Waals surface area contributed by atoms with Crippen LogP contribution in [0.3, 0.4) is 0 Å². The van der Waals surface area contributed by atoms with Crippen LogP contribution in [0.15, 0.2) is 47.1 Å². The molecule has 0 unspecified atom stereocenters. The lowest BCUT2D eigenvalue weighted by Gasteiger charge is -2.24. The van der Waals surface area contributed by atoms with Crippen molar-refractivity contribution in [2.24, 2.45) is 0 Å². The molecule has 1 aliphatic heterocycles. The summed E-state index contributed by atoms with van der Waals surface area (Å²) in [5, 5.41) is 11.4. The van der Waals surface area contributed by atoms with Crippen LogP contribution < -0.4 is 5.32 Å². The Balaban J connectivity index is 1.34. The van der Waals surface area contributed by atoms with Crippen molar-refractivity contribution in [2.75, 3.05) is 18.2 Å². The predicted octanol–water partition coefficient (Wildman–Crippen LogP) is 3.91. The molecule has 2 aromatic carbocycles. The Labute approximate surface area is 198 Å². The van der Waals surface area contributed by atoms with Gasteiger partial charge in [0.15, 0.2) is 0 Å². The number of thiazole rings is 1. The molecule has 1 N–H and O–H groups in total. The van der Waals surface area contributed by atoms with Crippen molar-refractivity contribution in [2.45, 2.75) is 19.9 Å². The fourth-order valence-electron chi connectivity index (χ4n) is 3.86. The molecule has 1 saturated heterocycles. The Morgan fingerprint density at radius 3 is 2.88 bits per heavy atom. The van der Waals surface area contributed by atoms with Gasteiger partial charge in [0.1, 0.15) is 16.7 Å². The van der Waals surface area contributed by atoms with Gasteiger partial charge >= 0.3 is 0 Å². The van der Waals surface area contributed by atoms with Gasteiger partial charge in [-0.05, 0) is 41.9 Å². The Morgan fingerprint density at radius 1 is 1.18 bits per heavy atom. The van der Waals surface area contributed by atoms with Gasteiger partial charge in [0, 0.05) is 12.3 Å². The summed E-state index contributed by atoms with van der Waals surface area (Å²) in [7, 11) is 0. The monoisotopic (exact) mass is 479 g/mol. The fourth-order valence-corrected chi connectivity index (χ4v) is 5.97. The molecule has 1 atom stereocenters. The number of amides is 2. The molecule has 1 aliphatic rings. The van der Waals surface area contributed by atoms with Gasteiger partial charge in [-0.15, -0.1) is 23.1 Å². The molecular weight excluding hydrogens is 458 g/mol. The zero-order valence-electron chi connectivity index (χ0n) is 18.1. The van der Waals surface area contributed by atoms with Gasteiger partial charge in [0.2, 0.25) is 0 Å². The first-order chi connectivity index (χ1) is 16.0. The van der Waals surface area contributed by atoms with E-state index in [4.69, 9.17) is 4.63 Å². The molecule has 0 aliphatic carbocycles. The normalized spacial score (nSPS) is 15.8. The quantitative estimate of drug-likeness (QED) is 0.463. The third kappa shape index (κ3) is 4.23. The average Bonchev–Trinajstić information content (AvgIpc) is 3.55. The molecule has 4 aromatic rings. The molecule has 1 fully saturated rings. The molecule has 2 aromatic heterocycles. The Hall–Kier alpha value is -3.24. The van der Waals surface area contributed by atoms with Crippen molar-refractivity contribution in [3.8, 4) is 10.4 Å². The summed E-state index contributed by atoms with van der Waals surface area (Å²) in [6.45, 7) is 4.28. The summed E-state index contributed by atoms with van der Waals surface area (Å²) in [5.41, 5.74) is 3.94. The van der Waals surface area contributed by atoms with Crippen LogP contribution in [0.2, 0.25) is 0 Å². The van der Waals surface area contributed by atoms with Crippen LogP contribution >= 0.6 is 23.1 Å². The van der Waals surface area contributed by atoms with E-state index in [2.05, 4.69) is 26.7 Å². The highest BCUT2D eigenvalue weighted by Crippen LogP contribution is 2.33. The maximum atomic E-state index is 13.5. The average molecular weight is 480 g/mol. The summed E-state index contributed by atoms with van der Waals surface area (Å²) in [4.78, 5) is 33.6. The highest BCUT2D eigenvalue weighted by molar-refractivity contribution is 7.99. The maximum Gasteiger partial charge on any atom is 0.275 e. The number of thioether (sulfide) groups is 1. The highest BCUT2D eigenvalue weighted by Gasteiger charge is 2.33. The highest BCUT2D eigenvalue weighted by atomic mass is 32.2. The number of carbonyl (C=O) groups is 2. The molecule has 0 bridgehead atoms. The van der Waals surface area contributed by atoms with Crippen LogP contribution in [-0.2, 0) is 0 Å². The Bertz CT molecular complexity index is 1350. The number of aryl methyl sites for hydroxylation is 2. The number of aromatic nitrogens is 3. The summed E-state index contributed by atoms with van der Waals surface area (Å²) < 4.78 is 4.75. The van der Waals surface area contributed by atoms with E-state index in [0.29, 0.717) is 34.7 Å². The Kier molecular flexibility index (Phi) is 5.86. The third-order valence-corrected chi connectivity index (χ3v) is 7.59. The summed E-state index contributed by atoms with van der Waals surface area (Å²) in [5.74, 6) is 0.921. The van der Waals surface area contributed by atoms with Crippen LogP contribution in [0, 0.1) is 13.8 Å². The number of benzene rings is 2. The second kappa shape index (κ2) is 8.95. The molecule has 3 heterocycles. The van der Waals surface area contributed by atoms with Gasteiger partial charge in [0.05, 0.1) is 27.4 Å². The lowest BCUT2D eigenvalue weighted by molar-refractivity contribution is 0.0732. The van der Waals surface area contributed by atoms with Gasteiger partial charge in [0.25, 0.3) is 11.8 Å². The van der Waals surface area contributed by atoms with Gasteiger partial charge in [-0.25, -0.2) is 9.61 Å². The molecule has 2 amide bonds. The van der Waals surface area contributed by atoms with E-state index in [0.717, 1.165) is 26.8 Å². The van der Waals surface area contributed by atoms with Crippen molar-refractivity contribution in [3.05, 3.63) is 64.3 Å². The lowest BCUT2D eigenvalue weighted by Crippen LogP contribution is -2.44. The van der Waals surface area contributed by atoms with E-state index >= 15 is 0 Å². The van der Waals surface area contributed by atoms with Crippen molar-refractivity contribution >= 4 is 45.9 Å². The molecule has 168 valence electrons. The van der Waals surface area contributed by atoms with Crippen LogP contribution in [0.5, 0.6) is 0 Å². The van der Waals surface area contributed by atoms with E-state index in [-0.39, 0.29) is 17.9 Å². The van der Waals surface area contributed by atoms with Gasteiger partial charge in [-0.2, -0.15) is 0 Å². The molecule has 8 nitrogen and oxygen atoms in total. The maximum absolute atomic E-state index is 13.5. The summed E-state index contributed by atoms with van der Waals surface area (Å²) >= 11 is 3.19.